The maximum absolute atomic E-state index is 11.9. The Balaban J connectivity index is 2.40. The SMILES string of the molecule is CCC(C)C(C)C(=O)N[C@H]1CC[C@@H](C(=O)O)C1. The lowest BCUT2D eigenvalue weighted by molar-refractivity contribution is -0.141. The first kappa shape index (κ1) is 14.0. The number of carboxylic acids is 1. The zero-order valence-corrected chi connectivity index (χ0v) is 10.9. The van der Waals surface area contributed by atoms with Crippen LogP contribution in [0.4, 0.5) is 0 Å². The standard InChI is InChI=1S/C13H23NO3/c1-4-8(2)9(3)12(15)14-11-6-5-10(7-11)13(16)17/h8-11H,4-7H2,1-3H3,(H,14,15)(H,16,17)/t8?,9?,10-,11+/m1/s1. The number of nitrogens with one attached hydrogen (secondary N) is 1. The molecular weight excluding hydrogens is 218 g/mol. The first-order valence-corrected chi connectivity index (χ1v) is 6.48. The highest BCUT2D eigenvalue weighted by Crippen LogP contribution is 2.26. The summed E-state index contributed by atoms with van der Waals surface area (Å²) >= 11 is 0. The highest BCUT2D eigenvalue weighted by atomic mass is 16.4. The smallest absolute Gasteiger partial charge is 0.306 e. The Bertz CT molecular complexity index is 290. The molecule has 1 saturated carbocycles. The molecule has 1 fully saturated rings. The summed E-state index contributed by atoms with van der Waals surface area (Å²) < 4.78 is 0. The van der Waals surface area contributed by atoms with E-state index in [1.807, 2.05) is 6.92 Å². The average Bonchev–Trinajstić information content (AvgIpc) is 2.75. The first-order valence-electron chi connectivity index (χ1n) is 6.48. The number of aliphatic carboxylic acids is 1. The van der Waals surface area contributed by atoms with E-state index < -0.39 is 5.97 Å². The van der Waals surface area contributed by atoms with Gasteiger partial charge in [-0.25, -0.2) is 0 Å². The molecule has 0 aromatic carbocycles. The summed E-state index contributed by atoms with van der Waals surface area (Å²) in [5, 5.41) is 11.9. The van der Waals surface area contributed by atoms with Crippen LogP contribution in [0, 0.1) is 17.8 Å². The van der Waals surface area contributed by atoms with E-state index in [4.69, 9.17) is 5.11 Å². The van der Waals surface area contributed by atoms with E-state index in [1.54, 1.807) is 0 Å². The van der Waals surface area contributed by atoms with Gasteiger partial charge in [-0.1, -0.05) is 27.2 Å². The van der Waals surface area contributed by atoms with Crippen LogP contribution in [0.1, 0.15) is 46.5 Å². The summed E-state index contributed by atoms with van der Waals surface area (Å²) in [6, 6.07) is 0.0510. The quantitative estimate of drug-likeness (QED) is 0.774. The fourth-order valence-corrected chi connectivity index (χ4v) is 2.28. The lowest BCUT2D eigenvalue weighted by Gasteiger charge is -2.20. The van der Waals surface area contributed by atoms with Gasteiger partial charge in [0.2, 0.25) is 5.91 Å². The normalized spacial score (nSPS) is 27.5. The van der Waals surface area contributed by atoms with Crippen LogP contribution >= 0.6 is 0 Å². The van der Waals surface area contributed by atoms with Gasteiger partial charge in [0.25, 0.3) is 0 Å². The van der Waals surface area contributed by atoms with Crippen molar-refractivity contribution in [1.29, 1.82) is 0 Å². The van der Waals surface area contributed by atoms with Crippen LogP contribution in [-0.2, 0) is 9.59 Å². The topological polar surface area (TPSA) is 66.4 Å². The molecule has 0 spiro atoms. The third-order valence-electron chi connectivity index (χ3n) is 4.04. The number of carbonyl (C=O) groups excluding carboxylic acids is 1. The predicted octanol–water partition coefficient (Wildman–Crippen LogP) is 2.04. The molecule has 0 saturated heterocycles. The Morgan fingerprint density at radius 2 is 2.00 bits per heavy atom. The summed E-state index contributed by atoms with van der Waals surface area (Å²) in [5.74, 6) is -0.582. The maximum atomic E-state index is 11.9. The molecule has 0 aromatic rings. The minimum absolute atomic E-state index is 0.00359. The maximum Gasteiger partial charge on any atom is 0.306 e. The second kappa shape index (κ2) is 6.03. The minimum Gasteiger partial charge on any atom is -0.481 e. The van der Waals surface area contributed by atoms with E-state index in [9.17, 15) is 9.59 Å². The molecule has 0 aliphatic heterocycles. The number of hydrogen-bond donors (Lipinski definition) is 2. The van der Waals surface area contributed by atoms with Gasteiger partial charge in [0.1, 0.15) is 0 Å². The zero-order valence-electron chi connectivity index (χ0n) is 10.9. The van der Waals surface area contributed by atoms with E-state index in [1.165, 1.54) is 0 Å². The van der Waals surface area contributed by atoms with Crippen molar-refractivity contribution < 1.29 is 14.7 Å². The molecule has 2 N–H and O–H groups in total. The molecule has 0 heterocycles. The van der Waals surface area contributed by atoms with Crippen LogP contribution in [0.15, 0.2) is 0 Å². The lowest BCUT2D eigenvalue weighted by atomic mass is 9.92. The fraction of sp³-hybridized carbons (Fsp3) is 0.846. The lowest BCUT2D eigenvalue weighted by Crippen LogP contribution is -2.38. The molecule has 0 radical (unpaired) electrons. The van der Waals surface area contributed by atoms with E-state index in [2.05, 4.69) is 19.2 Å². The minimum atomic E-state index is -0.739. The van der Waals surface area contributed by atoms with Gasteiger partial charge in [-0.15, -0.1) is 0 Å². The van der Waals surface area contributed by atoms with Crippen LogP contribution in [0.25, 0.3) is 0 Å². The highest BCUT2D eigenvalue weighted by Gasteiger charge is 2.31. The molecule has 4 nitrogen and oxygen atoms in total. The van der Waals surface area contributed by atoms with Gasteiger partial charge in [0, 0.05) is 12.0 Å². The first-order chi connectivity index (χ1) is 7.95. The fourth-order valence-electron chi connectivity index (χ4n) is 2.28. The molecule has 4 atom stereocenters. The number of rotatable bonds is 5. The van der Waals surface area contributed by atoms with Crippen LogP contribution in [0.2, 0.25) is 0 Å². The van der Waals surface area contributed by atoms with Crippen molar-refractivity contribution in [3.63, 3.8) is 0 Å². The zero-order chi connectivity index (χ0) is 13.0. The predicted molar refractivity (Wildman–Crippen MR) is 65.5 cm³/mol. The summed E-state index contributed by atoms with van der Waals surface area (Å²) in [6.07, 6.45) is 3.03. The molecule has 0 aromatic heterocycles. The second-order valence-electron chi connectivity index (χ2n) is 5.23. The van der Waals surface area contributed by atoms with Crippen molar-refractivity contribution in [1.82, 2.24) is 5.32 Å². The molecule has 1 amide bonds. The Morgan fingerprint density at radius 3 is 2.47 bits per heavy atom. The molecule has 1 rings (SSSR count). The molecule has 4 heteroatoms. The van der Waals surface area contributed by atoms with Gasteiger partial charge < -0.3 is 10.4 Å². The van der Waals surface area contributed by atoms with Crippen LogP contribution < -0.4 is 5.32 Å². The largest absolute Gasteiger partial charge is 0.481 e. The molecule has 98 valence electrons. The van der Waals surface area contributed by atoms with Crippen molar-refractivity contribution in [3.05, 3.63) is 0 Å². The van der Waals surface area contributed by atoms with Crippen molar-refractivity contribution in [3.8, 4) is 0 Å². The summed E-state index contributed by atoms with van der Waals surface area (Å²) in [4.78, 5) is 22.7. The third kappa shape index (κ3) is 3.72. The van der Waals surface area contributed by atoms with Gasteiger partial charge >= 0.3 is 5.97 Å². The van der Waals surface area contributed by atoms with Crippen molar-refractivity contribution in [2.45, 2.75) is 52.5 Å². The number of carbonyl (C=O) groups is 2. The molecule has 0 bridgehead atoms. The number of amides is 1. The van der Waals surface area contributed by atoms with E-state index in [0.29, 0.717) is 18.8 Å². The summed E-state index contributed by atoms with van der Waals surface area (Å²) in [6.45, 7) is 6.08. The van der Waals surface area contributed by atoms with E-state index >= 15 is 0 Å². The van der Waals surface area contributed by atoms with Gasteiger partial charge in [0.15, 0.2) is 0 Å². The van der Waals surface area contributed by atoms with E-state index in [-0.39, 0.29) is 23.8 Å². The molecule has 1 aliphatic rings. The molecule has 17 heavy (non-hydrogen) atoms. The average molecular weight is 241 g/mol. The molecule has 2 unspecified atom stereocenters. The Labute approximate surface area is 103 Å². The summed E-state index contributed by atoms with van der Waals surface area (Å²) in [5.41, 5.74) is 0. The third-order valence-corrected chi connectivity index (χ3v) is 4.04. The van der Waals surface area contributed by atoms with Crippen LogP contribution in [-0.4, -0.2) is 23.0 Å². The molecular formula is C13H23NO3. The Kier molecular flexibility index (Phi) is 4.97. The second-order valence-corrected chi connectivity index (χ2v) is 5.23. The highest BCUT2D eigenvalue weighted by molar-refractivity contribution is 5.79. The van der Waals surface area contributed by atoms with Crippen molar-refractivity contribution in [2.75, 3.05) is 0 Å². The van der Waals surface area contributed by atoms with Crippen LogP contribution in [0.5, 0.6) is 0 Å². The van der Waals surface area contributed by atoms with Crippen molar-refractivity contribution >= 4 is 11.9 Å². The Morgan fingerprint density at radius 1 is 1.35 bits per heavy atom. The van der Waals surface area contributed by atoms with Gasteiger partial charge in [-0.05, 0) is 25.2 Å². The van der Waals surface area contributed by atoms with Gasteiger partial charge in [0.05, 0.1) is 5.92 Å². The van der Waals surface area contributed by atoms with E-state index in [0.717, 1.165) is 12.8 Å². The van der Waals surface area contributed by atoms with Gasteiger partial charge in [-0.2, -0.15) is 0 Å². The Hall–Kier alpha value is -1.06. The number of carboxylic acid groups (broad SMARTS) is 1. The monoisotopic (exact) mass is 241 g/mol. The van der Waals surface area contributed by atoms with Crippen molar-refractivity contribution in [2.24, 2.45) is 17.8 Å². The van der Waals surface area contributed by atoms with Crippen LogP contribution in [0.3, 0.4) is 0 Å². The van der Waals surface area contributed by atoms with Gasteiger partial charge in [-0.3, -0.25) is 9.59 Å². The molecule has 1 aliphatic carbocycles. The number of hydrogen-bond acceptors (Lipinski definition) is 2. The summed E-state index contributed by atoms with van der Waals surface area (Å²) in [7, 11) is 0.